The second-order valence-corrected chi connectivity index (χ2v) is 5.36. The molecule has 0 unspecified atom stereocenters. The van der Waals surface area contributed by atoms with Gasteiger partial charge in [0.25, 0.3) is 5.91 Å². The lowest BCUT2D eigenvalue weighted by Gasteiger charge is -2.31. The van der Waals surface area contributed by atoms with Gasteiger partial charge in [0.05, 0.1) is 13.2 Å². The summed E-state index contributed by atoms with van der Waals surface area (Å²) in [6.45, 7) is 0.694. The largest absolute Gasteiger partial charge is 0.479 e. The molecular weight excluding hydrogens is 294 g/mol. The summed E-state index contributed by atoms with van der Waals surface area (Å²) in [5, 5.41) is 9.08. The summed E-state index contributed by atoms with van der Waals surface area (Å²) in [4.78, 5) is 25.5. The first kappa shape index (κ1) is 15.2. The first-order chi connectivity index (χ1) is 11.2. The van der Waals surface area contributed by atoms with Crippen LogP contribution in [-0.4, -0.2) is 47.7 Å². The summed E-state index contributed by atoms with van der Waals surface area (Å²) in [6, 6.07) is 17.0. The van der Waals surface area contributed by atoms with Crippen LogP contribution in [0.25, 0.3) is 11.1 Å². The smallest absolute Gasteiger partial charge is 0.334 e. The number of carbonyl (C=O) groups is 2. The molecule has 1 fully saturated rings. The van der Waals surface area contributed by atoms with Gasteiger partial charge in [0.15, 0.2) is 6.10 Å². The second-order valence-electron chi connectivity index (χ2n) is 5.36. The molecule has 1 amide bonds. The molecule has 5 nitrogen and oxygen atoms in total. The van der Waals surface area contributed by atoms with Crippen LogP contribution >= 0.6 is 0 Å². The van der Waals surface area contributed by atoms with Crippen LogP contribution in [0.1, 0.15) is 10.4 Å². The Bertz CT molecular complexity index is 714. The Kier molecular flexibility index (Phi) is 4.39. The van der Waals surface area contributed by atoms with Gasteiger partial charge in [0.1, 0.15) is 0 Å². The number of benzene rings is 2. The molecule has 23 heavy (non-hydrogen) atoms. The predicted molar refractivity (Wildman–Crippen MR) is 85.2 cm³/mol. The van der Waals surface area contributed by atoms with Gasteiger partial charge in [-0.25, -0.2) is 4.79 Å². The van der Waals surface area contributed by atoms with Crippen LogP contribution in [0.5, 0.6) is 0 Å². The molecule has 1 aliphatic heterocycles. The number of carbonyl (C=O) groups excluding carboxylic acids is 1. The first-order valence-electron chi connectivity index (χ1n) is 7.45. The van der Waals surface area contributed by atoms with Crippen molar-refractivity contribution in [1.82, 2.24) is 4.90 Å². The Hall–Kier alpha value is -2.66. The van der Waals surface area contributed by atoms with Crippen LogP contribution < -0.4 is 0 Å². The third-order valence-corrected chi connectivity index (χ3v) is 3.87. The number of nitrogens with zero attached hydrogens (tertiary/aromatic N) is 1. The van der Waals surface area contributed by atoms with Gasteiger partial charge in [-0.1, -0.05) is 48.5 Å². The molecule has 0 aromatic heterocycles. The minimum absolute atomic E-state index is 0.0668. The van der Waals surface area contributed by atoms with E-state index in [4.69, 9.17) is 9.84 Å². The number of rotatable bonds is 3. The van der Waals surface area contributed by atoms with Gasteiger partial charge >= 0.3 is 5.97 Å². The highest BCUT2D eigenvalue weighted by molar-refractivity contribution is 6.01. The van der Waals surface area contributed by atoms with E-state index in [0.29, 0.717) is 12.1 Å². The number of hydrogen-bond acceptors (Lipinski definition) is 3. The van der Waals surface area contributed by atoms with Gasteiger partial charge in [-0.05, 0) is 17.2 Å². The van der Waals surface area contributed by atoms with Crippen molar-refractivity contribution in [2.45, 2.75) is 6.10 Å². The zero-order valence-electron chi connectivity index (χ0n) is 12.5. The lowest BCUT2D eigenvalue weighted by Crippen LogP contribution is -2.48. The van der Waals surface area contributed by atoms with E-state index < -0.39 is 12.1 Å². The summed E-state index contributed by atoms with van der Waals surface area (Å²) >= 11 is 0. The zero-order chi connectivity index (χ0) is 16.2. The van der Waals surface area contributed by atoms with E-state index in [9.17, 15) is 9.59 Å². The fourth-order valence-corrected chi connectivity index (χ4v) is 2.69. The van der Waals surface area contributed by atoms with E-state index in [1.54, 1.807) is 11.0 Å². The van der Waals surface area contributed by atoms with Gasteiger partial charge in [-0.15, -0.1) is 0 Å². The van der Waals surface area contributed by atoms with Gasteiger partial charge < -0.3 is 14.7 Å². The summed E-state index contributed by atoms with van der Waals surface area (Å²) in [5.74, 6) is -1.21. The van der Waals surface area contributed by atoms with E-state index >= 15 is 0 Å². The summed E-state index contributed by atoms with van der Waals surface area (Å²) in [7, 11) is 0. The highest BCUT2D eigenvalue weighted by Gasteiger charge is 2.30. The van der Waals surface area contributed by atoms with Crippen molar-refractivity contribution in [3.8, 4) is 11.1 Å². The van der Waals surface area contributed by atoms with E-state index in [1.165, 1.54) is 0 Å². The fraction of sp³-hybridized carbons (Fsp3) is 0.222. The van der Waals surface area contributed by atoms with Crippen molar-refractivity contribution in [1.29, 1.82) is 0 Å². The number of carboxylic acid groups (broad SMARTS) is 1. The van der Waals surface area contributed by atoms with Crippen molar-refractivity contribution >= 4 is 11.9 Å². The maximum atomic E-state index is 12.8. The first-order valence-corrected chi connectivity index (χ1v) is 7.45. The molecule has 3 rings (SSSR count). The van der Waals surface area contributed by atoms with Gasteiger partial charge in [-0.3, -0.25) is 4.79 Å². The Balaban J connectivity index is 1.90. The summed E-state index contributed by atoms with van der Waals surface area (Å²) in [5.41, 5.74) is 2.38. The van der Waals surface area contributed by atoms with E-state index in [1.807, 2.05) is 48.5 Å². The molecule has 1 heterocycles. The number of morpholine rings is 1. The minimum Gasteiger partial charge on any atom is -0.479 e. The Morgan fingerprint density at radius 3 is 2.48 bits per heavy atom. The van der Waals surface area contributed by atoms with Gasteiger partial charge in [-0.2, -0.15) is 0 Å². The quantitative estimate of drug-likeness (QED) is 0.944. The molecule has 1 aliphatic rings. The molecule has 2 aromatic carbocycles. The molecule has 0 saturated carbocycles. The van der Waals surface area contributed by atoms with Crippen LogP contribution in [0.15, 0.2) is 54.6 Å². The number of amides is 1. The van der Waals surface area contributed by atoms with Crippen molar-refractivity contribution < 1.29 is 19.4 Å². The molecule has 0 bridgehead atoms. The average molecular weight is 311 g/mol. The second kappa shape index (κ2) is 6.62. The van der Waals surface area contributed by atoms with Crippen molar-refractivity contribution in [3.05, 3.63) is 60.2 Å². The number of hydrogen-bond donors (Lipinski definition) is 1. The minimum atomic E-state index is -1.04. The summed E-state index contributed by atoms with van der Waals surface area (Å²) in [6.07, 6.45) is -0.961. The van der Waals surface area contributed by atoms with Gasteiger partial charge in [0.2, 0.25) is 0 Å². The highest BCUT2D eigenvalue weighted by atomic mass is 16.5. The number of ether oxygens (including phenoxy) is 1. The Labute approximate surface area is 134 Å². The molecular formula is C18H17NO4. The number of carboxylic acids is 1. The van der Waals surface area contributed by atoms with E-state index in [0.717, 1.165) is 11.1 Å². The molecule has 1 saturated heterocycles. The molecule has 5 heteroatoms. The van der Waals surface area contributed by atoms with Crippen molar-refractivity contribution in [3.63, 3.8) is 0 Å². The Morgan fingerprint density at radius 2 is 1.74 bits per heavy atom. The molecule has 0 aliphatic carbocycles. The van der Waals surface area contributed by atoms with Crippen molar-refractivity contribution in [2.24, 2.45) is 0 Å². The Morgan fingerprint density at radius 1 is 1.04 bits per heavy atom. The lowest BCUT2D eigenvalue weighted by molar-refractivity contribution is -0.154. The van der Waals surface area contributed by atoms with Crippen LogP contribution in [0, 0.1) is 0 Å². The third-order valence-electron chi connectivity index (χ3n) is 3.87. The zero-order valence-corrected chi connectivity index (χ0v) is 12.5. The van der Waals surface area contributed by atoms with Crippen LogP contribution in [0.4, 0.5) is 0 Å². The maximum absolute atomic E-state index is 12.8. The van der Waals surface area contributed by atoms with Crippen molar-refractivity contribution in [2.75, 3.05) is 19.7 Å². The molecule has 0 spiro atoms. The maximum Gasteiger partial charge on any atom is 0.334 e. The van der Waals surface area contributed by atoms with E-state index in [-0.39, 0.29) is 19.1 Å². The topological polar surface area (TPSA) is 66.8 Å². The highest BCUT2D eigenvalue weighted by Crippen LogP contribution is 2.25. The standard InChI is InChI=1S/C18H17NO4/c20-17(19-10-11-23-16(12-19)18(21)22)15-9-5-4-8-14(15)13-6-2-1-3-7-13/h1-9,16H,10-12H2,(H,21,22)/t16-/m0/s1. The molecule has 0 radical (unpaired) electrons. The van der Waals surface area contributed by atoms with E-state index in [2.05, 4.69) is 0 Å². The van der Waals surface area contributed by atoms with Crippen LogP contribution in [-0.2, 0) is 9.53 Å². The average Bonchev–Trinajstić information content (AvgIpc) is 2.62. The molecule has 118 valence electrons. The normalized spacial score (nSPS) is 17.7. The van der Waals surface area contributed by atoms with Crippen LogP contribution in [0.2, 0.25) is 0 Å². The molecule has 1 N–H and O–H groups in total. The lowest BCUT2D eigenvalue weighted by atomic mass is 9.98. The SMILES string of the molecule is O=C(O)[C@@H]1CN(C(=O)c2ccccc2-c2ccccc2)CCO1. The van der Waals surface area contributed by atoms with Gasteiger partial charge in [0, 0.05) is 12.1 Å². The number of aliphatic carboxylic acids is 1. The molecule has 2 aromatic rings. The predicted octanol–water partition coefficient (Wildman–Crippen LogP) is 2.28. The fourth-order valence-electron chi connectivity index (χ4n) is 2.69. The van der Waals surface area contributed by atoms with Crippen LogP contribution in [0.3, 0.4) is 0 Å². The monoisotopic (exact) mass is 311 g/mol. The third kappa shape index (κ3) is 3.24. The molecule has 1 atom stereocenters. The summed E-state index contributed by atoms with van der Waals surface area (Å²) < 4.78 is 5.18.